The summed E-state index contributed by atoms with van der Waals surface area (Å²) in [5, 5.41) is 9.17. The molecule has 0 spiro atoms. The zero-order valence-electron chi connectivity index (χ0n) is 12.7. The number of nitrogens with one attached hydrogen (secondary N) is 1. The highest BCUT2D eigenvalue weighted by atomic mass is 35.5. The largest absolute Gasteiger partial charge is 0.316 e. The van der Waals surface area contributed by atoms with Crippen molar-refractivity contribution in [3.05, 3.63) is 50.8 Å². The molecule has 5 heteroatoms. The quantitative estimate of drug-likeness (QED) is 0.867. The monoisotopic (exact) mass is 325 g/mol. The summed E-state index contributed by atoms with van der Waals surface area (Å²) in [4.78, 5) is 0. The van der Waals surface area contributed by atoms with E-state index in [2.05, 4.69) is 23.8 Å². The molecule has 1 N–H and O–H groups in total. The molecule has 1 aromatic heterocycles. The minimum Gasteiger partial charge on any atom is -0.316 e. The van der Waals surface area contributed by atoms with Gasteiger partial charge in [-0.05, 0) is 37.6 Å². The number of rotatable bonds is 6. The standard InChI is InChI=1S/C16H21Cl2N3/c1-4-15-12(9-19-3)16(5-2)21(20-15)10-11-6-7-13(17)14(18)8-11/h6-8,19H,4-5,9-10H2,1-3H3. The van der Waals surface area contributed by atoms with Gasteiger partial charge in [-0.25, -0.2) is 0 Å². The molecule has 0 radical (unpaired) electrons. The number of aromatic nitrogens is 2. The minimum absolute atomic E-state index is 0.585. The van der Waals surface area contributed by atoms with Crippen LogP contribution in [0.3, 0.4) is 0 Å². The lowest BCUT2D eigenvalue weighted by Crippen LogP contribution is -2.10. The summed E-state index contributed by atoms with van der Waals surface area (Å²) in [6.45, 7) is 5.88. The lowest BCUT2D eigenvalue weighted by atomic mass is 10.1. The molecule has 0 amide bonds. The van der Waals surface area contributed by atoms with Crippen LogP contribution < -0.4 is 5.32 Å². The maximum Gasteiger partial charge on any atom is 0.0669 e. The van der Waals surface area contributed by atoms with Crippen LogP contribution in [-0.2, 0) is 25.9 Å². The van der Waals surface area contributed by atoms with E-state index in [0.29, 0.717) is 10.0 Å². The van der Waals surface area contributed by atoms with Crippen LogP contribution in [0.4, 0.5) is 0 Å². The van der Waals surface area contributed by atoms with Gasteiger partial charge in [-0.15, -0.1) is 0 Å². The molecule has 0 bridgehead atoms. The zero-order chi connectivity index (χ0) is 15.4. The van der Waals surface area contributed by atoms with Crippen molar-refractivity contribution in [3.8, 4) is 0 Å². The van der Waals surface area contributed by atoms with Gasteiger partial charge in [-0.3, -0.25) is 4.68 Å². The number of aryl methyl sites for hydroxylation is 1. The van der Waals surface area contributed by atoms with Crippen molar-refractivity contribution < 1.29 is 0 Å². The third-order valence-corrected chi connectivity index (χ3v) is 4.33. The van der Waals surface area contributed by atoms with E-state index < -0.39 is 0 Å². The summed E-state index contributed by atoms with van der Waals surface area (Å²) in [6, 6.07) is 5.75. The molecule has 3 nitrogen and oxygen atoms in total. The van der Waals surface area contributed by atoms with Crippen LogP contribution in [-0.4, -0.2) is 16.8 Å². The Kier molecular flexibility index (Phi) is 5.68. The molecule has 1 aromatic carbocycles. The van der Waals surface area contributed by atoms with Crippen LogP contribution in [0.25, 0.3) is 0 Å². The van der Waals surface area contributed by atoms with E-state index in [1.807, 2.05) is 25.2 Å². The van der Waals surface area contributed by atoms with Gasteiger partial charge in [0.1, 0.15) is 0 Å². The summed E-state index contributed by atoms with van der Waals surface area (Å²) in [5.41, 5.74) is 4.89. The lowest BCUT2D eigenvalue weighted by molar-refractivity contribution is 0.638. The van der Waals surface area contributed by atoms with Gasteiger partial charge >= 0.3 is 0 Å². The summed E-state index contributed by atoms with van der Waals surface area (Å²) < 4.78 is 2.09. The second-order valence-electron chi connectivity index (χ2n) is 5.02. The van der Waals surface area contributed by atoms with Gasteiger partial charge in [-0.1, -0.05) is 43.1 Å². The van der Waals surface area contributed by atoms with E-state index in [9.17, 15) is 0 Å². The first-order chi connectivity index (χ1) is 10.1. The molecule has 0 aliphatic rings. The first-order valence-electron chi connectivity index (χ1n) is 7.26. The number of halogens is 2. The van der Waals surface area contributed by atoms with E-state index in [4.69, 9.17) is 28.3 Å². The second kappa shape index (κ2) is 7.30. The highest BCUT2D eigenvalue weighted by Crippen LogP contribution is 2.24. The van der Waals surface area contributed by atoms with Gasteiger partial charge in [-0.2, -0.15) is 5.10 Å². The van der Waals surface area contributed by atoms with Gasteiger partial charge in [0.25, 0.3) is 0 Å². The molecule has 0 atom stereocenters. The molecule has 21 heavy (non-hydrogen) atoms. The molecule has 0 aliphatic heterocycles. The first kappa shape index (κ1) is 16.3. The highest BCUT2D eigenvalue weighted by molar-refractivity contribution is 6.42. The van der Waals surface area contributed by atoms with E-state index in [1.165, 1.54) is 17.0 Å². The Hall–Kier alpha value is -1.03. The van der Waals surface area contributed by atoms with Crippen molar-refractivity contribution in [2.24, 2.45) is 0 Å². The summed E-state index contributed by atoms with van der Waals surface area (Å²) >= 11 is 12.1. The van der Waals surface area contributed by atoms with Gasteiger partial charge in [0, 0.05) is 17.8 Å². The number of benzene rings is 1. The number of hydrogen-bond donors (Lipinski definition) is 1. The van der Waals surface area contributed by atoms with Crippen molar-refractivity contribution in [1.29, 1.82) is 0 Å². The zero-order valence-corrected chi connectivity index (χ0v) is 14.2. The molecule has 114 valence electrons. The molecule has 2 aromatic rings. The third-order valence-electron chi connectivity index (χ3n) is 3.59. The van der Waals surface area contributed by atoms with Crippen molar-refractivity contribution in [2.45, 2.75) is 39.8 Å². The third kappa shape index (κ3) is 3.60. The van der Waals surface area contributed by atoms with E-state index >= 15 is 0 Å². The second-order valence-corrected chi connectivity index (χ2v) is 5.83. The maximum atomic E-state index is 6.10. The summed E-state index contributed by atoms with van der Waals surface area (Å²) in [6.07, 6.45) is 1.91. The normalized spacial score (nSPS) is 11.1. The molecular weight excluding hydrogens is 305 g/mol. The van der Waals surface area contributed by atoms with Crippen molar-refractivity contribution in [2.75, 3.05) is 7.05 Å². The molecule has 2 rings (SSSR count). The van der Waals surface area contributed by atoms with Gasteiger partial charge < -0.3 is 5.32 Å². The molecule has 0 aliphatic carbocycles. The van der Waals surface area contributed by atoms with Gasteiger partial charge in [0.05, 0.1) is 22.3 Å². The van der Waals surface area contributed by atoms with Crippen LogP contribution >= 0.6 is 23.2 Å². The van der Waals surface area contributed by atoms with Crippen molar-refractivity contribution in [1.82, 2.24) is 15.1 Å². The minimum atomic E-state index is 0.585. The molecule has 0 saturated carbocycles. The van der Waals surface area contributed by atoms with Crippen LogP contribution in [0.2, 0.25) is 10.0 Å². The number of nitrogens with zero attached hydrogens (tertiary/aromatic N) is 2. The van der Waals surface area contributed by atoms with Crippen LogP contribution in [0.1, 0.15) is 36.4 Å². The fraction of sp³-hybridized carbons (Fsp3) is 0.438. The maximum absolute atomic E-state index is 6.10. The Morgan fingerprint density at radius 1 is 1.14 bits per heavy atom. The van der Waals surface area contributed by atoms with Crippen LogP contribution in [0, 0.1) is 0 Å². The highest BCUT2D eigenvalue weighted by Gasteiger charge is 2.15. The van der Waals surface area contributed by atoms with Crippen LogP contribution in [0.5, 0.6) is 0 Å². The Bertz CT molecular complexity index is 620. The van der Waals surface area contributed by atoms with Crippen LogP contribution in [0.15, 0.2) is 18.2 Å². The van der Waals surface area contributed by atoms with Crippen molar-refractivity contribution in [3.63, 3.8) is 0 Å². The van der Waals surface area contributed by atoms with E-state index in [-0.39, 0.29) is 0 Å². The first-order valence-corrected chi connectivity index (χ1v) is 8.02. The predicted octanol–water partition coefficient (Wildman–Crippen LogP) is 4.08. The van der Waals surface area contributed by atoms with E-state index in [1.54, 1.807) is 0 Å². The average Bonchev–Trinajstić information content (AvgIpc) is 2.80. The fourth-order valence-corrected chi connectivity index (χ4v) is 2.91. The van der Waals surface area contributed by atoms with Gasteiger partial charge in [0.15, 0.2) is 0 Å². The smallest absolute Gasteiger partial charge is 0.0669 e. The molecule has 1 heterocycles. The topological polar surface area (TPSA) is 29.9 Å². The Morgan fingerprint density at radius 3 is 2.48 bits per heavy atom. The summed E-state index contributed by atoms with van der Waals surface area (Å²) in [5.74, 6) is 0. The molecular formula is C16H21Cl2N3. The molecule has 0 unspecified atom stereocenters. The lowest BCUT2D eigenvalue weighted by Gasteiger charge is -2.09. The Balaban J connectivity index is 2.36. The predicted molar refractivity (Wildman–Crippen MR) is 89.3 cm³/mol. The fourth-order valence-electron chi connectivity index (χ4n) is 2.59. The number of hydrogen-bond acceptors (Lipinski definition) is 2. The Morgan fingerprint density at radius 2 is 1.90 bits per heavy atom. The Labute approximate surface area is 136 Å². The SMILES string of the molecule is CCc1nn(Cc2ccc(Cl)c(Cl)c2)c(CC)c1CNC. The molecule has 0 fully saturated rings. The average molecular weight is 326 g/mol. The summed E-state index contributed by atoms with van der Waals surface area (Å²) in [7, 11) is 1.97. The van der Waals surface area contributed by atoms with E-state index in [0.717, 1.165) is 31.5 Å². The van der Waals surface area contributed by atoms with Crippen molar-refractivity contribution >= 4 is 23.2 Å². The molecule has 0 saturated heterocycles. The van der Waals surface area contributed by atoms with Gasteiger partial charge in [0.2, 0.25) is 0 Å².